The van der Waals surface area contributed by atoms with E-state index in [9.17, 15) is 19.5 Å². The highest BCUT2D eigenvalue weighted by atomic mass is 16.5. The van der Waals surface area contributed by atoms with Gasteiger partial charge in [0.1, 0.15) is 5.75 Å². The first-order valence-corrected chi connectivity index (χ1v) is 11.5. The molecule has 0 bridgehead atoms. The smallest absolute Gasteiger partial charge is 0.339 e. The second kappa shape index (κ2) is 10.4. The summed E-state index contributed by atoms with van der Waals surface area (Å²) >= 11 is 0. The number of fused-ring (bicyclic) bond motifs is 2. The number of esters is 1. The fourth-order valence-corrected chi connectivity index (χ4v) is 3.99. The van der Waals surface area contributed by atoms with Crippen molar-refractivity contribution in [1.82, 2.24) is 15.6 Å². The molecule has 8 nitrogen and oxygen atoms in total. The number of hydrogen-bond acceptors (Lipinski definition) is 6. The summed E-state index contributed by atoms with van der Waals surface area (Å²) in [5.74, 6) is -0.913. The summed E-state index contributed by atoms with van der Waals surface area (Å²) < 4.78 is 5.31. The van der Waals surface area contributed by atoms with Gasteiger partial charge in [0.2, 0.25) is 0 Å². The van der Waals surface area contributed by atoms with Gasteiger partial charge < -0.3 is 15.2 Å². The lowest BCUT2D eigenvalue weighted by molar-refractivity contribution is -0.123. The van der Waals surface area contributed by atoms with Gasteiger partial charge in [-0.25, -0.2) is 14.6 Å². The number of phenolic OH excluding ortho intramolecular Hbond substituents is 1. The zero-order valence-corrected chi connectivity index (χ0v) is 19.6. The monoisotopic (exact) mass is 473 g/mol. The SMILES string of the molecule is CC(C)CNC(=O)NC(=O)COC(=O)c1c2c(nc3ccccc13)/C(=C/c1ccc(O)cc1)CC2. The van der Waals surface area contributed by atoms with E-state index in [0.29, 0.717) is 35.9 Å². The molecule has 0 unspecified atom stereocenters. The number of amides is 3. The maximum Gasteiger partial charge on any atom is 0.339 e. The highest BCUT2D eigenvalue weighted by molar-refractivity contribution is 6.08. The van der Waals surface area contributed by atoms with Crippen molar-refractivity contribution in [1.29, 1.82) is 0 Å². The van der Waals surface area contributed by atoms with E-state index in [4.69, 9.17) is 9.72 Å². The number of allylic oxidation sites excluding steroid dienone is 1. The second-order valence-corrected chi connectivity index (χ2v) is 8.82. The number of imide groups is 1. The van der Waals surface area contributed by atoms with Crippen LogP contribution in [-0.2, 0) is 16.0 Å². The number of urea groups is 1. The average molecular weight is 474 g/mol. The minimum atomic E-state index is -0.706. The van der Waals surface area contributed by atoms with Gasteiger partial charge in [-0.05, 0) is 59.7 Å². The highest BCUT2D eigenvalue weighted by Crippen LogP contribution is 2.37. The number of nitrogens with zero attached hydrogens (tertiary/aromatic N) is 1. The second-order valence-electron chi connectivity index (χ2n) is 8.82. The molecule has 180 valence electrons. The fourth-order valence-electron chi connectivity index (χ4n) is 3.99. The van der Waals surface area contributed by atoms with Crippen LogP contribution in [0.4, 0.5) is 4.79 Å². The molecule has 0 radical (unpaired) electrons. The van der Waals surface area contributed by atoms with Gasteiger partial charge in [-0.1, -0.05) is 44.2 Å². The van der Waals surface area contributed by atoms with E-state index in [1.807, 2.05) is 50.3 Å². The summed E-state index contributed by atoms with van der Waals surface area (Å²) in [5.41, 5.74) is 4.42. The molecule has 35 heavy (non-hydrogen) atoms. The van der Waals surface area contributed by atoms with Crippen molar-refractivity contribution < 1.29 is 24.2 Å². The molecule has 4 rings (SSSR count). The molecule has 0 saturated carbocycles. The van der Waals surface area contributed by atoms with Crippen LogP contribution in [-0.4, -0.2) is 41.1 Å². The molecular weight excluding hydrogens is 446 g/mol. The maximum atomic E-state index is 13.1. The molecule has 3 amide bonds. The molecule has 0 saturated heterocycles. The van der Waals surface area contributed by atoms with E-state index in [-0.39, 0.29) is 11.7 Å². The van der Waals surface area contributed by atoms with Gasteiger partial charge in [0, 0.05) is 11.9 Å². The van der Waals surface area contributed by atoms with Crippen LogP contribution in [0, 0.1) is 5.92 Å². The van der Waals surface area contributed by atoms with Crippen molar-refractivity contribution in [2.75, 3.05) is 13.2 Å². The number of aromatic hydroxyl groups is 1. The number of carbonyl (C=O) groups is 3. The topological polar surface area (TPSA) is 118 Å². The lowest BCUT2D eigenvalue weighted by Gasteiger charge is -2.13. The number of hydrogen-bond donors (Lipinski definition) is 3. The van der Waals surface area contributed by atoms with Crippen LogP contribution in [0.5, 0.6) is 5.75 Å². The van der Waals surface area contributed by atoms with Gasteiger partial charge in [0.05, 0.1) is 16.8 Å². The van der Waals surface area contributed by atoms with E-state index in [1.54, 1.807) is 18.2 Å². The zero-order chi connectivity index (χ0) is 24.9. The molecule has 0 spiro atoms. The average Bonchev–Trinajstić information content (AvgIpc) is 3.23. The van der Waals surface area contributed by atoms with Crippen molar-refractivity contribution in [3.8, 4) is 5.75 Å². The van der Waals surface area contributed by atoms with Gasteiger partial charge in [-0.15, -0.1) is 0 Å². The molecule has 1 aliphatic carbocycles. The lowest BCUT2D eigenvalue weighted by Crippen LogP contribution is -2.42. The predicted octanol–water partition coefficient (Wildman–Crippen LogP) is 4.07. The fraction of sp³-hybridized carbons (Fsp3) is 0.259. The van der Waals surface area contributed by atoms with Crippen LogP contribution in [0.25, 0.3) is 22.6 Å². The predicted molar refractivity (Wildman–Crippen MR) is 133 cm³/mol. The van der Waals surface area contributed by atoms with Crippen molar-refractivity contribution in [2.24, 2.45) is 5.92 Å². The first-order chi connectivity index (χ1) is 16.8. The Morgan fingerprint density at radius 1 is 1.09 bits per heavy atom. The molecule has 0 aliphatic heterocycles. The minimum Gasteiger partial charge on any atom is -0.508 e. The Balaban J connectivity index is 1.57. The maximum absolute atomic E-state index is 13.1. The zero-order valence-electron chi connectivity index (χ0n) is 19.6. The third kappa shape index (κ3) is 5.66. The number of benzene rings is 2. The van der Waals surface area contributed by atoms with Crippen LogP contribution >= 0.6 is 0 Å². The van der Waals surface area contributed by atoms with E-state index in [2.05, 4.69) is 10.6 Å². The molecule has 8 heteroatoms. The Bertz CT molecular complexity index is 1310. The van der Waals surface area contributed by atoms with Crippen molar-refractivity contribution in [3.63, 3.8) is 0 Å². The quantitative estimate of drug-likeness (QED) is 0.465. The first kappa shape index (κ1) is 23.9. The van der Waals surface area contributed by atoms with Crippen LogP contribution in [0.2, 0.25) is 0 Å². The summed E-state index contributed by atoms with van der Waals surface area (Å²) in [4.78, 5) is 41.9. The van der Waals surface area contributed by atoms with Crippen molar-refractivity contribution in [2.45, 2.75) is 26.7 Å². The van der Waals surface area contributed by atoms with Gasteiger partial charge in [-0.3, -0.25) is 10.1 Å². The number of ether oxygens (including phenoxy) is 1. The Morgan fingerprint density at radius 3 is 2.57 bits per heavy atom. The molecule has 1 heterocycles. The Morgan fingerprint density at radius 2 is 1.83 bits per heavy atom. The normalized spacial score (nSPS) is 13.6. The lowest BCUT2D eigenvalue weighted by atomic mass is 10.0. The van der Waals surface area contributed by atoms with Gasteiger partial charge in [0.15, 0.2) is 6.61 Å². The number of carbonyl (C=O) groups excluding carboxylic acids is 3. The van der Waals surface area contributed by atoms with Crippen LogP contribution in [0.3, 0.4) is 0 Å². The number of phenols is 1. The molecule has 3 aromatic rings. The van der Waals surface area contributed by atoms with Gasteiger partial charge >= 0.3 is 12.0 Å². The van der Waals surface area contributed by atoms with E-state index in [1.165, 1.54) is 0 Å². The third-order valence-electron chi connectivity index (χ3n) is 5.64. The summed E-state index contributed by atoms with van der Waals surface area (Å²) in [7, 11) is 0. The molecule has 0 fully saturated rings. The Labute approximate surface area is 203 Å². The van der Waals surface area contributed by atoms with Gasteiger partial charge in [0.25, 0.3) is 5.91 Å². The van der Waals surface area contributed by atoms with Crippen molar-refractivity contribution >= 4 is 40.5 Å². The Kier molecular flexibility index (Phi) is 7.10. The number of pyridine rings is 1. The van der Waals surface area contributed by atoms with E-state index < -0.39 is 24.5 Å². The number of nitrogens with one attached hydrogen (secondary N) is 2. The molecule has 1 aromatic heterocycles. The van der Waals surface area contributed by atoms with E-state index >= 15 is 0 Å². The number of rotatable bonds is 6. The van der Waals surface area contributed by atoms with E-state index in [0.717, 1.165) is 22.4 Å². The first-order valence-electron chi connectivity index (χ1n) is 11.5. The Hall–Kier alpha value is -4.20. The van der Waals surface area contributed by atoms with Crippen LogP contribution in [0.1, 0.15) is 47.4 Å². The third-order valence-corrected chi connectivity index (χ3v) is 5.64. The van der Waals surface area contributed by atoms with Crippen molar-refractivity contribution in [3.05, 3.63) is 70.9 Å². The molecular formula is C27H27N3O5. The summed E-state index contributed by atoms with van der Waals surface area (Å²) in [6.07, 6.45) is 3.28. The number of aromatic nitrogens is 1. The minimum absolute atomic E-state index is 0.189. The highest BCUT2D eigenvalue weighted by Gasteiger charge is 2.28. The molecule has 3 N–H and O–H groups in total. The largest absolute Gasteiger partial charge is 0.508 e. The molecule has 0 atom stereocenters. The molecule has 2 aromatic carbocycles. The standard InChI is InChI=1S/C27H27N3O5/c1-16(2)14-28-27(34)30-23(32)15-35-26(33)24-20-5-3-4-6-22(20)29-25-18(9-12-21(24)25)13-17-7-10-19(31)11-8-17/h3-8,10-11,13,16,31H,9,12,14-15H2,1-2H3,(H2,28,30,32,34)/b18-13+. The van der Waals surface area contributed by atoms with Crippen LogP contribution < -0.4 is 10.6 Å². The number of para-hydroxylation sites is 1. The summed E-state index contributed by atoms with van der Waals surface area (Å²) in [5, 5.41) is 14.9. The van der Waals surface area contributed by atoms with Crippen LogP contribution in [0.15, 0.2) is 48.5 Å². The summed E-state index contributed by atoms with van der Waals surface area (Å²) in [6.45, 7) is 3.73. The molecule has 1 aliphatic rings. The summed E-state index contributed by atoms with van der Waals surface area (Å²) in [6, 6.07) is 13.5. The van der Waals surface area contributed by atoms with Gasteiger partial charge in [-0.2, -0.15) is 0 Å².